The molecule has 0 aromatic heterocycles. The first-order valence-corrected chi connectivity index (χ1v) is 19.1. The summed E-state index contributed by atoms with van der Waals surface area (Å²) in [4.78, 5) is 5.77. The van der Waals surface area contributed by atoms with Gasteiger partial charge in [0.25, 0.3) is 13.4 Å². The molecular weight excluding hydrogens is 732 g/mol. The van der Waals surface area contributed by atoms with Gasteiger partial charge in [0.2, 0.25) is 5.82 Å². The highest BCUT2D eigenvalue weighted by atomic mass is 19.2. The standard InChI is InChI=1S/C48H27B2F4N3O/c51-35-25-40-43-47(45(35)53)57(30-18-8-3-9-19-30)37-22-12-10-20-31(37)49(43)33-24-34-39(27-38(33)55(40)28-14-4-1-5-15-28)56(29-16-6-2-7-17-29)41-26-36(52)46(54)48-44(41)50(34)32-21-11-13-23-42(32)58-48/h1-27H. The number of rotatable bonds is 3. The Morgan fingerprint density at radius 3 is 1.48 bits per heavy atom. The van der Waals surface area contributed by atoms with Crippen molar-refractivity contribution in [3.63, 3.8) is 0 Å². The van der Waals surface area contributed by atoms with Crippen LogP contribution in [0.15, 0.2) is 164 Å². The van der Waals surface area contributed by atoms with Gasteiger partial charge in [-0.05, 0) is 81.9 Å². The molecule has 0 aliphatic carbocycles. The number of hydrogen-bond acceptors (Lipinski definition) is 4. The molecule has 4 heterocycles. The molecule has 8 aromatic rings. The molecule has 4 nitrogen and oxygen atoms in total. The predicted molar refractivity (Wildman–Crippen MR) is 226 cm³/mol. The van der Waals surface area contributed by atoms with Gasteiger partial charge in [-0.25, -0.2) is 13.2 Å². The number of anilines is 9. The smallest absolute Gasteiger partial charge is 0.256 e. The molecule has 12 rings (SSSR count). The summed E-state index contributed by atoms with van der Waals surface area (Å²) >= 11 is 0. The third-order valence-electron chi connectivity index (χ3n) is 11.9. The van der Waals surface area contributed by atoms with Gasteiger partial charge in [-0.2, -0.15) is 4.39 Å². The van der Waals surface area contributed by atoms with Gasteiger partial charge in [0.05, 0.1) is 5.69 Å². The molecule has 0 atom stereocenters. The minimum absolute atomic E-state index is 0.140. The summed E-state index contributed by atoms with van der Waals surface area (Å²) in [6, 6.07) is 50.8. The minimum atomic E-state index is -1.05. The number of halogens is 4. The zero-order valence-electron chi connectivity index (χ0n) is 30.5. The Morgan fingerprint density at radius 1 is 0.379 bits per heavy atom. The topological polar surface area (TPSA) is 19.0 Å². The molecule has 0 radical (unpaired) electrons. The van der Waals surface area contributed by atoms with E-state index in [4.69, 9.17) is 4.74 Å². The highest BCUT2D eigenvalue weighted by Gasteiger charge is 2.49. The Labute approximate surface area is 332 Å². The molecule has 0 bridgehead atoms. The summed E-state index contributed by atoms with van der Waals surface area (Å²) in [5, 5.41) is 0. The van der Waals surface area contributed by atoms with Gasteiger partial charge >= 0.3 is 0 Å². The van der Waals surface area contributed by atoms with Gasteiger partial charge in [0, 0.05) is 63.1 Å². The van der Waals surface area contributed by atoms with Gasteiger partial charge in [-0.3, -0.25) is 0 Å². The minimum Gasteiger partial charge on any atom is -0.455 e. The van der Waals surface area contributed by atoms with Crippen LogP contribution in [0, 0.1) is 23.3 Å². The van der Waals surface area contributed by atoms with Crippen LogP contribution in [0.1, 0.15) is 0 Å². The van der Waals surface area contributed by atoms with Crippen molar-refractivity contribution in [3.05, 3.63) is 187 Å². The largest absolute Gasteiger partial charge is 0.455 e. The van der Waals surface area contributed by atoms with Crippen molar-refractivity contribution in [3.8, 4) is 11.5 Å². The van der Waals surface area contributed by atoms with Crippen molar-refractivity contribution in [2.75, 3.05) is 14.7 Å². The molecule has 0 fully saturated rings. The maximum Gasteiger partial charge on any atom is 0.256 e. The lowest BCUT2D eigenvalue weighted by Crippen LogP contribution is -2.65. The van der Waals surface area contributed by atoms with Crippen molar-refractivity contribution in [1.29, 1.82) is 0 Å². The normalized spacial score (nSPS) is 13.8. The first kappa shape index (κ1) is 33.0. The Balaban J connectivity index is 1.23. The average molecular weight is 759 g/mol. The highest BCUT2D eigenvalue weighted by Crippen LogP contribution is 2.48. The number of nitrogens with zero attached hydrogens (tertiary/aromatic N) is 3. The quantitative estimate of drug-likeness (QED) is 0.133. The van der Waals surface area contributed by atoms with E-state index in [1.54, 1.807) is 6.07 Å². The molecule has 10 heteroatoms. The monoisotopic (exact) mass is 759 g/mol. The fraction of sp³-hybridized carbons (Fsp3) is 0. The molecule has 8 aromatic carbocycles. The van der Waals surface area contributed by atoms with E-state index in [0.717, 1.165) is 50.3 Å². The van der Waals surface area contributed by atoms with Crippen LogP contribution in [-0.4, -0.2) is 13.4 Å². The lowest BCUT2D eigenvalue weighted by Gasteiger charge is -2.46. The maximum absolute atomic E-state index is 16.9. The summed E-state index contributed by atoms with van der Waals surface area (Å²) in [5.74, 6) is -3.72. The molecular formula is C48H27B2F4N3O. The molecule has 0 N–H and O–H groups in total. The summed E-state index contributed by atoms with van der Waals surface area (Å²) in [6.45, 7) is -1.09. The number of fused-ring (bicyclic) bond motifs is 8. The Kier molecular flexibility index (Phi) is 6.91. The summed E-state index contributed by atoms with van der Waals surface area (Å²) in [7, 11) is 0. The van der Waals surface area contributed by atoms with E-state index in [1.807, 2.05) is 142 Å². The van der Waals surface area contributed by atoms with Crippen LogP contribution in [0.2, 0.25) is 0 Å². The second-order valence-corrected chi connectivity index (χ2v) is 14.9. The maximum atomic E-state index is 16.9. The van der Waals surface area contributed by atoms with Gasteiger partial charge in [0.15, 0.2) is 23.2 Å². The van der Waals surface area contributed by atoms with Crippen molar-refractivity contribution in [2.45, 2.75) is 0 Å². The zero-order valence-corrected chi connectivity index (χ0v) is 30.5. The molecule has 0 amide bonds. The number of ether oxygens (including phenoxy) is 1. The van der Waals surface area contributed by atoms with Crippen LogP contribution in [0.25, 0.3) is 0 Å². The zero-order chi connectivity index (χ0) is 38.8. The van der Waals surface area contributed by atoms with E-state index >= 15 is 17.6 Å². The summed E-state index contributed by atoms with van der Waals surface area (Å²) in [5.41, 5.74) is 10.0. The average Bonchev–Trinajstić information content (AvgIpc) is 3.27. The van der Waals surface area contributed by atoms with Gasteiger partial charge in [-0.1, -0.05) is 97.1 Å². The van der Waals surface area contributed by atoms with Crippen molar-refractivity contribution in [1.82, 2.24) is 0 Å². The van der Waals surface area contributed by atoms with E-state index in [0.29, 0.717) is 33.7 Å². The summed E-state index contributed by atoms with van der Waals surface area (Å²) in [6.07, 6.45) is 0. The van der Waals surface area contributed by atoms with E-state index in [1.165, 1.54) is 12.1 Å². The predicted octanol–water partition coefficient (Wildman–Crippen LogP) is 8.73. The molecule has 4 aliphatic rings. The van der Waals surface area contributed by atoms with E-state index < -0.39 is 36.7 Å². The number of para-hydroxylation sites is 5. The Hall–Kier alpha value is -7.19. The van der Waals surface area contributed by atoms with Crippen LogP contribution < -0.4 is 52.2 Å². The lowest BCUT2D eigenvalue weighted by molar-refractivity contribution is 0.420. The highest BCUT2D eigenvalue weighted by molar-refractivity contribution is 7.02. The molecule has 0 unspecified atom stereocenters. The van der Waals surface area contributed by atoms with Crippen LogP contribution in [0.5, 0.6) is 11.5 Å². The van der Waals surface area contributed by atoms with Crippen molar-refractivity contribution < 1.29 is 22.3 Å². The Morgan fingerprint density at radius 2 is 0.862 bits per heavy atom. The van der Waals surface area contributed by atoms with Gasteiger partial charge in [0.1, 0.15) is 5.75 Å². The summed E-state index contributed by atoms with van der Waals surface area (Å²) < 4.78 is 71.4. The number of hydrogen-bond donors (Lipinski definition) is 0. The van der Waals surface area contributed by atoms with Crippen molar-refractivity contribution >= 4 is 97.4 Å². The molecule has 274 valence electrons. The van der Waals surface area contributed by atoms with Gasteiger partial charge in [-0.15, -0.1) is 0 Å². The molecule has 0 spiro atoms. The Bertz CT molecular complexity index is 3030. The fourth-order valence-corrected chi connectivity index (χ4v) is 9.68. The second kappa shape index (κ2) is 12.2. The molecule has 58 heavy (non-hydrogen) atoms. The third-order valence-corrected chi connectivity index (χ3v) is 11.9. The van der Waals surface area contributed by atoms with Crippen LogP contribution in [0.3, 0.4) is 0 Å². The molecule has 0 saturated heterocycles. The first-order chi connectivity index (χ1) is 28.5. The SMILES string of the molecule is Fc1cc2c3c(c1F)Oc1ccccc1B3c1cc3c(cc1N2c1ccccc1)N(c1ccccc1)c1cc(F)c(F)c2c1B3c1ccccc1N2c1ccccc1. The molecule has 0 saturated carbocycles. The van der Waals surface area contributed by atoms with Crippen LogP contribution in [-0.2, 0) is 0 Å². The lowest BCUT2D eigenvalue weighted by atomic mass is 9.30. The van der Waals surface area contributed by atoms with Crippen molar-refractivity contribution in [2.24, 2.45) is 0 Å². The fourth-order valence-electron chi connectivity index (χ4n) is 9.68. The van der Waals surface area contributed by atoms with E-state index in [-0.39, 0.29) is 11.4 Å². The first-order valence-electron chi connectivity index (χ1n) is 19.1. The van der Waals surface area contributed by atoms with E-state index in [2.05, 4.69) is 18.2 Å². The van der Waals surface area contributed by atoms with E-state index in [9.17, 15) is 0 Å². The van der Waals surface area contributed by atoms with Gasteiger partial charge < -0.3 is 19.4 Å². The van der Waals surface area contributed by atoms with Crippen LogP contribution in [0.4, 0.5) is 68.7 Å². The number of benzene rings is 8. The molecule has 4 aliphatic heterocycles. The second-order valence-electron chi connectivity index (χ2n) is 14.9. The third kappa shape index (κ3) is 4.42. The van der Waals surface area contributed by atoms with Crippen LogP contribution >= 0.6 is 0 Å².